The molecule has 2 aromatic carbocycles. The number of rotatable bonds is 5. The van der Waals surface area contributed by atoms with E-state index in [1.807, 2.05) is 18.2 Å². The summed E-state index contributed by atoms with van der Waals surface area (Å²) in [6, 6.07) is 14.5. The first-order valence-electron chi connectivity index (χ1n) is 10.7. The molecule has 1 fully saturated rings. The fraction of sp³-hybridized carbons (Fsp3) is 0.240. The van der Waals surface area contributed by atoms with Gasteiger partial charge in [-0.05, 0) is 67.8 Å². The van der Waals surface area contributed by atoms with Crippen molar-refractivity contribution in [3.8, 4) is 0 Å². The Hall–Kier alpha value is -2.96. The van der Waals surface area contributed by atoms with E-state index < -0.39 is 0 Å². The zero-order chi connectivity index (χ0) is 21.0. The number of ether oxygens (including phenoxy) is 1. The van der Waals surface area contributed by atoms with Gasteiger partial charge < -0.3 is 15.8 Å². The van der Waals surface area contributed by atoms with E-state index in [4.69, 9.17) is 15.6 Å². The van der Waals surface area contributed by atoms with Crippen molar-refractivity contribution in [1.82, 2.24) is 15.1 Å². The van der Waals surface area contributed by atoms with Gasteiger partial charge in [-0.15, -0.1) is 0 Å². The highest BCUT2D eigenvalue weighted by molar-refractivity contribution is 7.99. The van der Waals surface area contributed by atoms with E-state index >= 15 is 0 Å². The summed E-state index contributed by atoms with van der Waals surface area (Å²) in [4.78, 5) is 2.20. The van der Waals surface area contributed by atoms with Crippen LogP contribution in [0.15, 0.2) is 82.3 Å². The zero-order valence-electron chi connectivity index (χ0n) is 17.3. The Morgan fingerprint density at radius 2 is 2.10 bits per heavy atom. The van der Waals surface area contributed by atoms with Crippen LogP contribution in [0.2, 0.25) is 0 Å². The van der Waals surface area contributed by atoms with Crippen molar-refractivity contribution < 1.29 is 4.74 Å². The fourth-order valence-electron chi connectivity index (χ4n) is 3.92. The molecule has 158 valence electrons. The zero-order valence-corrected chi connectivity index (χ0v) is 18.1. The van der Waals surface area contributed by atoms with Gasteiger partial charge in [0.1, 0.15) is 0 Å². The molecule has 5 nitrogen and oxygen atoms in total. The van der Waals surface area contributed by atoms with Gasteiger partial charge in [-0.2, -0.15) is 5.10 Å². The molecule has 0 bridgehead atoms. The average Bonchev–Trinajstić information content (AvgIpc) is 3.18. The lowest BCUT2D eigenvalue weighted by Crippen LogP contribution is -2.19. The van der Waals surface area contributed by atoms with Crippen molar-refractivity contribution >= 4 is 34.4 Å². The van der Waals surface area contributed by atoms with Gasteiger partial charge >= 0.3 is 0 Å². The number of nitrogens with one attached hydrogen (secondary N) is 1. The first kappa shape index (κ1) is 20.0. The minimum Gasteiger partial charge on any atom is -0.398 e. The summed E-state index contributed by atoms with van der Waals surface area (Å²) in [5, 5.41) is 9.45. The van der Waals surface area contributed by atoms with Gasteiger partial charge in [0, 0.05) is 39.7 Å². The van der Waals surface area contributed by atoms with Gasteiger partial charge in [-0.1, -0.05) is 36.0 Å². The van der Waals surface area contributed by atoms with Crippen LogP contribution >= 0.6 is 11.8 Å². The molecule has 1 saturated heterocycles. The Labute approximate surface area is 186 Å². The molecule has 1 aromatic heterocycles. The summed E-state index contributed by atoms with van der Waals surface area (Å²) in [5.74, 6) is 0. The lowest BCUT2D eigenvalue weighted by atomic mass is 10.1. The number of hydrogen-bond acceptors (Lipinski definition) is 5. The second-order valence-corrected chi connectivity index (χ2v) is 8.85. The number of hydrogen-bond donors (Lipinski definition) is 2. The van der Waals surface area contributed by atoms with Crippen molar-refractivity contribution in [3.63, 3.8) is 0 Å². The van der Waals surface area contributed by atoms with Gasteiger partial charge in [0.05, 0.1) is 11.2 Å². The van der Waals surface area contributed by atoms with Crippen LogP contribution in [-0.2, 0) is 4.74 Å². The second-order valence-electron chi connectivity index (χ2n) is 7.73. The molecule has 1 atom stereocenters. The summed E-state index contributed by atoms with van der Waals surface area (Å²) in [5.41, 5.74) is 10.1. The van der Waals surface area contributed by atoms with Crippen molar-refractivity contribution in [2.45, 2.75) is 35.3 Å². The quantitative estimate of drug-likeness (QED) is 0.522. The molecule has 31 heavy (non-hydrogen) atoms. The molecule has 6 heteroatoms. The molecule has 3 heterocycles. The summed E-state index contributed by atoms with van der Waals surface area (Å²) < 4.78 is 8.14. The topological polar surface area (TPSA) is 65.1 Å². The number of aromatic nitrogens is 2. The SMILES string of the molecule is Nc1ccccc1Sc1ccc2c(/C=C/C3=CC=CCN3)nn(C3CCCCO3)c2c1. The van der Waals surface area contributed by atoms with Gasteiger partial charge in [-0.25, -0.2) is 4.68 Å². The number of allylic oxidation sites excluding steroid dienone is 3. The highest BCUT2D eigenvalue weighted by atomic mass is 32.2. The molecule has 0 saturated carbocycles. The molecule has 0 amide bonds. The monoisotopic (exact) mass is 430 g/mol. The minimum atomic E-state index is -0.0181. The first-order chi connectivity index (χ1) is 15.3. The van der Waals surface area contributed by atoms with Crippen molar-refractivity contribution in [2.75, 3.05) is 18.9 Å². The van der Waals surface area contributed by atoms with Gasteiger partial charge in [0.15, 0.2) is 6.23 Å². The average molecular weight is 431 g/mol. The highest BCUT2D eigenvalue weighted by Gasteiger charge is 2.21. The van der Waals surface area contributed by atoms with Crippen LogP contribution < -0.4 is 11.1 Å². The fourth-order valence-corrected chi connectivity index (χ4v) is 4.82. The van der Waals surface area contributed by atoms with Gasteiger partial charge in [-0.3, -0.25) is 0 Å². The lowest BCUT2D eigenvalue weighted by Gasteiger charge is -2.23. The summed E-state index contributed by atoms with van der Waals surface area (Å²) in [6.07, 6.45) is 13.7. The molecule has 5 rings (SSSR count). The molecular formula is C25H26N4OS. The molecule has 1 unspecified atom stereocenters. The van der Waals surface area contributed by atoms with Crippen LogP contribution in [0.1, 0.15) is 31.2 Å². The van der Waals surface area contributed by atoms with Crippen LogP contribution in [0.3, 0.4) is 0 Å². The van der Waals surface area contributed by atoms with E-state index in [9.17, 15) is 0 Å². The maximum Gasteiger partial charge on any atom is 0.150 e. The summed E-state index contributed by atoms with van der Waals surface area (Å²) >= 11 is 1.68. The number of para-hydroxylation sites is 1. The summed E-state index contributed by atoms with van der Waals surface area (Å²) in [6.45, 7) is 1.64. The maximum atomic E-state index is 6.16. The molecule has 3 N–H and O–H groups in total. The number of nitrogens with two attached hydrogens (primary N) is 1. The highest BCUT2D eigenvalue weighted by Crippen LogP contribution is 2.36. The molecule has 0 spiro atoms. The van der Waals surface area contributed by atoms with E-state index in [1.54, 1.807) is 11.8 Å². The number of fused-ring (bicyclic) bond motifs is 1. The van der Waals surface area contributed by atoms with Crippen LogP contribution in [0.25, 0.3) is 17.0 Å². The van der Waals surface area contributed by atoms with Gasteiger partial charge in [0.25, 0.3) is 0 Å². The Morgan fingerprint density at radius 3 is 2.90 bits per heavy atom. The third-order valence-corrected chi connectivity index (χ3v) is 6.62. The molecule has 3 aromatic rings. The Balaban J connectivity index is 1.53. The van der Waals surface area contributed by atoms with Crippen LogP contribution in [0, 0.1) is 0 Å². The Morgan fingerprint density at radius 1 is 1.16 bits per heavy atom. The minimum absolute atomic E-state index is 0.0181. The third kappa shape index (κ3) is 4.40. The lowest BCUT2D eigenvalue weighted by molar-refractivity contribution is -0.0367. The molecule has 2 aliphatic rings. The largest absolute Gasteiger partial charge is 0.398 e. The van der Waals surface area contributed by atoms with E-state index in [1.165, 1.54) is 0 Å². The number of nitrogen functional groups attached to an aromatic ring is 1. The molecule has 0 radical (unpaired) electrons. The predicted octanol–water partition coefficient (Wildman–Crippen LogP) is 5.53. The van der Waals surface area contributed by atoms with Crippen LogP contribution in [0.4, 0.5) is 5.69 Å². The molecule has 0 aliphatic carbocycles. The standard InChI is InChI=1S/C25H26N4OS/c26-21-8-1-2-9-24(21)31-19-12-13-20-22(14-11-18-7-3-5-15-27-18)28-29(23(20)17-19)25-10-4-6-16-30-25/h1-3,5,7-9,11-14,17,25,27H,4,6,10,15-16,26H2/b14-11+. The number of anilines is 1. The van der Waals surface area contributed by atoms with Crippen LogP contribution in [0.5, 0.6) is 0 Å². The molecular weight excluding hydrogens is 404 g/mol. The van der Waals surface area contributed by atoms with Crippen molar-refractivity contribution in [3.05, 3.63) is 78.2 Å². The number of dihydropyridines is 1. The van der Waals surface area contributed by atoms with Crippen molar-refractivity contribution in [2.24, 2.45) is 0 Å². The van der Waals surface area contributed by atoms with E-state index in [2.05, 4.69) is 64.6 Å². The third-order valence-electron chi connectivity index (χ3n) is 5.54. The van der Waals surface area contributed by atoms with Crippen molar-refractivity contribution in [1.29, 1.82) is 0 Å². The van der Waals surface area contributed by atoms with E-state index in [0.717, 1.165) is 70.2 Å². The van der Waals surface area contributed by atoms with E-state index in [-0.39, 0.29) is 6.23 Å². The molecule has 2 aliphatic heterocycles. The van der Waals surface area contributed by atoms with Gasteiger partial charge in [0.2, 0.25) is 0 Å². The predicted molar refractivity (Wildman–Crippen MR) is 128 cm³/mol. The Kier molecular flexibility index (Phi) is 5.82. The Bertz CT molecular complexity index is 1170. The van der Waals surface area contributed by atoms with Crippen LogP contribution in [-0.4, -0.2) is 22.9 Å². The summed E-state index contributed by atoms with van der Waals surface area (Å²) in [7, 11) is 0. The normalized spacial score (nSPS) is 19.0. The van der Waals surface area contributed by atoms with E-state index in [0.29, 0.717) is 0 Å². The smallest absolute Gasteiger partial charge is 0.150 e. The number of nitrogens with zero attached hydrogens (tertiary/aromatic N) is 2. The maximum absolute atomic E-state index is 6.16. The second kappa shape index (κ2) is 9.04. The first-order valence-corrected chi connectivity index (χ1v) is 11.5. The number of benzene rings is 2.